The van der Waals surface area contributed by atoms with Crippen LogP contribution in [0.25, 0.3) is 0 Å². The number of hydrogen-bond acceptors (Lipinski definition) is 6. The lowest BCUT2D eigenvalue weighted by molar-refractivity contribution is -0.386. The Kier molecular flexibility index (Phi) is 6.13. The van der Waals surface area contributed by atoms with Crippen LogP contribution in [0.5, 0.6) is 5.75 Å². The van der Waals surface area contributed by atoms with E-state index in [1.54, 1.807) is 0 Å². The Morgan fingerprint density at radius 2 is 1.86 bits per heavy atom. The predicted molar refractivity (Wildman–Crippen MR) is 94.6 cm³/mol. The number of para-hydroxylation sites is 1. The van der Waals surface area contributed by atoms with Gasteiger partial charge >= 0.3 is 11.9 Å². The van der Waals surface area contributed by atoms with Crippen LogP contribution in [0.15, 0.2) is 47.4 Å². The van der Waals surface area contributed by atoms with Gasteiger partial charge in [-0.3, -0.25) is 14.9 Å². The molecule has 0 fully saturated rings. The maximum atomic E-state index is 13.0. The minimum absolute atomic E-state index is 0.464. The van der Waals surface area contributed by atoms with Crippen molar-refractivity contribution in [1.29, 1.82) is 0 Å². The average Bonchev–Trinajstić information content (AvgIpc) is 2.60. The molecule has 29 heavy (non-hydrogen) atoms. The molecule has 0 radical (unpaired) electrons. The topological polar surface area (TPSA) is 142 Å². The molecule has 0 aliphatic carbocycles. The fourth-order valence-electron chi connectivity index (χ4n) is 2.23. The number of nitro groups is 1. The van der Waals surface area contributed by atoms with E-state index in [2.05, 4.69) is 5.32 Å². The van der Waals surface area contributed by atoms with Crippen LogP contribution in [0.4, 0.5) is 24.5 Å². The molecular formula is C16H14F3N3O6S. The number of alkyl halides is 3. The van der Waals surface area contributed by atoms with Gasteiger partial charge in [0.2, 0.25) is 10.0 Å². The highest BCUT2D eigenvalue weighted by molar-refractivity contribution is 7.89. The number of benzene rings is 2. The van der Waals surface area contributed by atoms with Gasteiger partial charge in [-0.1, -0.05) is 12.1 Å². The van der Waals surface area contributed by atoms with E-state index < -0.39 is 60.7 Å². The predicted octanol–water partition coefficient (Wildman–Crippen LogP) is 2.67. The largest absolute Gasteiger partial charge is 0.474 e. The van der Waals surface area contributed by atoms with Crippen molar-refractivity contribution in [1.82, 2.24) is 0 Å². The first kappa shape index (κ1) is 22.1. The van der Waals surface area contributed by atoms with Crippen LogP contribution in [0, 0.1) is 10.1 Å². The van der Waals surface area contributed by atoms with Crippen LogP contribution in [0.1, 0.15) is 12.5 Å². The first-order chi connectivity index (χ1) is 13.3. The second-order valence-corrected chi connectivity index (χ2v) is 7.29. The molecule has 0 saturated heterocycles. The number of carbonyl (C=O) groups is 1. The lowest BCUT2D eigenvalue weighted by Gasteiger charge is -2.17. The molecule has 2 aromatic carbocycles. The van der Waals surface area contributed by atoms with Crippen molar-refractivity contribution in [2.75, 3.05) is 5.32 Å². The molecule has 0 bridgehead atoms. The summed E-state index contributed by atoms with van der Waals surface area (Å²) in [4.78, 5) is 21.9. The highest BCUT2D eigenvalue weighted by Gasteiger charge is 2.34. The number of nitrogens with two attached hydrogens (primary N) is 1. The summed E-state index contributed by atoms with van der Waals surface area (Å²) in [6, 6.07) is 6.75. The van der Waals surface area contributed by atoms with E-state index in [4.69, 9.17) is 9.88 Å². The van der Waals surface area contributed by atoms with Crippen molar-refractivity contribution in [3.05, 3.63) is 58.1 Å². The van der Waals surface area contributed by atoms with Crippen LogP contribution in [-0.4, -0.2) is 25.4 Å². The molecule has 1 amide bonds. The highest BCUT2D eigenvalue weighted by atomic mass is 32.2. The smallest absolute Gasteiger partial charge is 0.418 e. The van der Waals surface area contributed by atoms with Gasteiger partial charge in [-0.25, -0.2) is 13.6 Å². The Labute approximate surface area is 162 Å². The molecule has 3 N–H and O–H groups in total. The third-order valence-electron chi connectivity index (χ3n) is 3.62. The lowest BCUT2D eigenvalue weighted by Crippen LogP contribution is -2.31. The van der Waals surface area contributed by atoms with Crippen LogP contribution in [0.3, 0.4) is 0 Å². The molecule has 2 rings (SSSR count). The number of sulfonamides is 1. The number of nitro benzene ring substituents is 1. The number of nitrogens with one attached hydrogen (secondary N) is 1. The fourth-order valence-corrected chi connectivity index (χ4v) is 2.77. The van der Waals surface area contributed by atoms with E-state index in [0.717, 1.165) is 37.3 Å². The molecule has 1 atom stereocenters. The van der Waals surface area contributed by atoms with Crippen molar-refractivity contribution >= 4 is 27.3 Å². The van der Waals surface area contributed by atoms with Gasteiger partial charge < -0.3 is 10.1 Å². The quantitative estimate of drug-likeness (QED) is 0.530. The van der Waals surface area contributed by atoms with Gasteiger partial charge in [0.1, 0.15) is 0 Å². The van der Waals surface area contributed by atoms with Crippen LogP contribution in [-0.2, 0) is 21.0 Å². The van der Waals surface area contributed by atoms with E-state index in [9.17, 15) is 36.5 Å². The zero-order chi connectivity index (χ0) is 22.0. The van der Waals surface area contributed by atoms with Crippen molar-refractivity contribution in [3.63, 3.8) is 0 Å². The number of halogens is 3. The molecule has 9 nitrogen and oxygen atoms in total. The number of carbonyl (C=O) groups excluding carboxylic acids is 1. The monoisotopic (exact) mass is 433 g/mol. The maximum absolute atomic E-state index is 13.0. The lowest BCUT2D eigenvalue weighted by atomic mass is 10.1. The Balaban J connectivity index is 2.26. The summed E-state index contributed by atoms with van der Waals surface area (Å²) >= 11 is 0. The maximum Gasteiger partial charge on any atom is 0.418 e. The number of nitrogens with zero attached hydrogens (tertiary/aromatic N) is 1. The Morgan fingerprint density at radius 3 is 2.41 bits per heavy atom. The fraction of sp³-hybridized carbons (Fsp3) is 0.188. The van der Waals surface area contributed by atoms with Crippen molar-refractivity contribution in [2.24, 2.45) is 5.14 Å². The Bertz CT molecular complexity index is 1060. The van der Waals surface area contributed by atoms with E-state index >= 15 is 0 Å². The van der Waals surface area contributed by atoms with Gasteiger partial charge in [0, 0.05) is 6.07 Å². The molecule has 2 aromatic rings. The second-order valence-electron chi connectivity index (χ2n) is 5.72. The van der Waals surface area contributed by atoms with Gasteiger partial charge in [0.05, 0.1) is 21.1 Å². The zero-order valence-electron chi connectivity index (χ0n) is 14.6. The number of rotatable bonds is 6. The van der Waals surface area contributed by atoms with Crippen molar-refractivity contribution in [2.45, 2.75) is 24.1 Å². The van der Waals surface area contributed by atoms with E-state index in [1.807, 2.05) is 0 Å². The molecule has 0 aliphatic heterocycles. The van der Waals surface area contributed by atoms with Gasteiger partial charge in [-0.15, -0.1) is 0 Å². The summed E-state index contributed by atoms with van der Waals surface area (Å²) in [6.07, 6.45) is -6.16. The number of ether oxygens (including phenoxy) is 1. The van der Waals surface area contributed by atoms with Gasteiger partial charge in [0.15, 0.2) is 11.9 Å². The zero-order valence-corrected chi connectivity index (χ0v) is 15.5. The van der Waals surface area contributed by atoms with Gasteiger partial charge in [0.25, 0.3) is 5.91 Å². The Morgan fingerprint density at radius 1 is 1.24 bits per heavy atom. The number of amides is 1. The third kappa shape index (κ3) is 5.42. The third-order valence-corrected chi connectivity index (χ3v) is 4.53. The molecule has 0 heterocycles. The number of anilines is 1. The minimum atomic E-state index is -4.71. The van der Waals surface area contributed by atoms with E-state index in [0.29, 0.717) is 6.07 Å². The van der Waals surface area contributed by atoms with Crippen molar-refractivity contribution in [3.8, 4) is 5.75 Å². The standard InChI is InChI=1S/C16H14F3N3O6S/c1-9(15(23)21-12-5-3-2-4-11(12)16(17,18)19)28-14-7-6-10(29(20,26)27)8-13(14)22(24)25/h2-9H,1H3,(H,21,23)(H2,20,26,27). The molecule has 0 spiro atoms. The number of hydrogen-bond donors (Lipinski definition) is 2. The summed E-state index contributed by atoms with van der Waals surface area (Å²) in [5, 5.41) is 18.1. The highest BCUT2D eigenvalue weighted by Crippen LogP contribution is 2.35. The van der Waals surface area contributed by atoms with E-state index in [-0.39, 0.29) is 0 Å². The summed E-state index contributed by atoms with van der Waals surface area (Å²) in [5.41, 5.74) is -2.38. The van der Waals surface area contributed by atoms with Crippen LogP contribution in [0.2, 0.25) is 0 Å². The number of primary sulfonamides is 1. The molecule has 0 saturated carbocycles. The second kappa shape index (κ2) is 8.05. The molecular weight excluding hydrogens is 419 g/mol. The molecule has 0 aliphatic rings. The van der Waals surface area contributed by atoms with E-state index in [1.165, 1.54) is 6.07 Å². The van der Waals surface area contributed by atoms with Crippen LogP contribution >= 0.6 is 0 Å². The Hall–Kier alpha value is -3.19. The summed E-state index contributed by atoms with van der Waals surface area (Å²) in [5.74, 6) is -1.47. The van der Waals surface area contributed by atoms with Gasteiger partial charge in [-0.2, -0.15) is 13.2 Å². The summed E-state index contributed by atoms with van der Waals surface area (Å²) in [6.45, 7) is 1.16. The summed E-state index contributed by atoms with van der Waals surface area (Å²) in [7, 11) is -4.23. The van der Waals surface area contributed by atoms with Gasteiger partial charge in [-0.05, 0) is 31.2 Å². The first-order valence-corrected chi connectivity index (χ1v) is 9.30. The summed E-state index contributed by atoms with van der Waals surface area (Å²) < 4.78 is 66.8. The van der Waals surface area contributed by atoms with Crippen LogP contribution < -0.4 is 15.2 Å². The van der Waals surface area contributed by atoms with Crippen molar-refractivity contribution < 1.29 is 36.0 Å². The first-order valence-electron chi connectivity index (χ1n) is 7.75. The SMILES string of the molecule is CC(Oc1ccc(S(N)(=O)=O)cc1[N+](=O)[O-])C(=O)Nc1ccccc1C(F)(F)F. The molecule has 1 unspecified atom stereocenters. The minimum Gasteiger partial charge on any atom is -0.474 e. The molecule has 13 heteroatoms. The molecule has 0 aromatic heterocycles. The average molecular weight is 433 g/mol. The molecule has 156 valence electrons. The normalized spacial score (nSPS) is 12.9.